The second-order valence-corrected chi connectivity index (χ2v) is 7.58. The topological polar surface area (TPSA) is 55.9 Å². The Bertz CT molecular complexity index is 728. The molecule has 1 aliphatic rings. The summed E-state index contributed by atoms with van der Waals surface area (Å²) >= 11 is 1.72. The van der Waals surface area contributed by atoms with E-state index in [4.69, 9.17) is 0 Å². The molecule has 1 aliphatic heterocycles. The molecule has 7 heteroatoms. The summed E-state index contributed by atoms with van der Waals surface area (Å²) in [7, 11) is 0. The molecule has 144 valence electrons. The van der Waals surface area contributed by atoms with Gasteiger partial charge in [0.15, 0.2) is 0 Å². The third kappa shape index (κ3) is 5.55. The van der Waals surface area contributed by atoms with Crippen LogP contribution in [0.15, 0.2) is 47.8 Å². The number of hydrogen-bond donors (Lipinski definition) is 1. The van der Waals surface area contributed by atoms with Crippen molar-refractivity contribution in [2.24, 2.45) is 0 Å². The molecule has 2 heterocycles. The Morgan fingerprint density at radius 1 is 1.04 bits per heavy atom. The van der Waals surface area contributed by atoms with Crippen molar-refractivity contribution in [3.05, 3.63) is 52.7 Å². The first-order valence-electron chi connectivity index (χ1n) is 9.29. The lowest BCUT2D eigenvalue weighted by Gasteiger charge is -2.35. The Morgan fingerprint density at radius 2 is 1.74 bits per heavy atom. The summed E-state index contributed by atoms with van der Waals surface area (Å²) in [5.41, 5.74) is 0.785. The minimum Gasteiger partial charge on any atom is -0.338 e. The molecule has 3 amide bonds. The highest BCUT2D eigenvalue weighted by Gasteiger charge is 2.25. The third-order valence-electron chi connectivity index (χ3n) is 4.71. The number of hydrogen-bond acceptors (Lipinski definition) is 4. The lowest BCUT2D eigenvalue weighted by Crippen LogP contribution is -2.53. The minimum atomic E-state index is -0.110. The smallest absolute Gasteiger partial charge is 0.321 e. The van der Waals surface area contributed by atoms with E-state index in [1.54, 1.807) is 16.2 Å². The zero-order valence-electron chi connectivity index (χ0n) is 15.6. The second-order valence-electron chi connectivity index (χ2n) is 6.55. The van der Waals surface area contributed by atoms with Crippen molar-refractivity contribution < 1.29 is 9.59 Å². The van der Waals surface area contributed by atoms with Gasteiger partial charge in [-0.1, -0.05) is 31.2 Å². The fourth-order valence-corrected chi connectivity index (χ4v) is 3.82. The maximum absolute atomic E-state index is 12.6. The SMILES string of the molecule is CCN(CC(=O)N1CCN(C(=O)Nc2ccccc2)CC1)Cc1cccs1. The Kier molecular flexibility index (Phi) is 6.84. The predicted octanol–water partition coefficient (Wildman–Crippen LogP) is 2.95. The summed E-state index contributed by atoms with van der Waals surface area (Å²) in [6.45, 7) is 6.41. The number of amides is 3. The maximum Gasteiger partial charge on any atom is 0.321 e. The number of rotatable bonds is 6. The van der Waals surface area contributed by atoms with Crippen molar-refractivity contribution >= 4 is 29.0 Å². The molecule has 0 aliphatic carbocycles. The summed E-state index contributed by atoms with van der Waals surface area (Å²) < 4.78 is 0. The van der Waals surface area contributed by atoms with Crippen molar-refractivity contribution in [3.63, 3.8) is 0 Å². The fourth-order valence-electron chi connectivity index (χ4n) is 3.08. The van der Waals surface area contributed by atoms with E-state index in [1.165, 1.54) is 4.88 Å². The van der Waals surface area contributed by atoms with Crippen LogP contribution in [0.3, 0.4) is 0 Å². The molecule has 2 aromatic rings. The van der Waals surface area contributed by atoms with Crippen LogP contribution in [0.25, 0.3) is 0 Å². The molecule has 0 atom stereocenters. The Balaban J connectivity index is 1.45. The number of thiophene rings is 1. The van der Waals surface area contributed by atoms with Crippen LogP contribution in [0.1, 0.15) is 11.8 Å². The molecule has 1 fully saturated rings. The van der Waals surface area contributed by atoms with Crippen LogP contribution in [0, 0.1) is 0 Å². The van der Waals surface area contributed by atoms with E-state index in [0.717, 1.165) is 18.8 Å². The zero-order valence-corrected chi connectivity index (χ0v) is 16.5. The van der Waals surface area contributed by atoms with Gasteiger partial charge in [-0.2, -0.15) is 0 Å². The molecule has 0 saturated carbocycles. The lowest BCUT2D eigenvalue weighted by atomic mass is 10.3. The van der Waals surface area contributed by atoms with Crippen LogP contribution in [0.4, 0.5) is 10.5 Å². The minimum absolute atomic E-state index is 0.110. The zero-order chi connectivity index (χ0) is 19.1. The van der Waals surface area contributed by atoms with Gasteiger partial charge in [-0.15, -0.1) is 11.3 Å². The molecule has 0 radical (unpaired) electrons. The number of urea groups is 1. The number of para-hydroxylation sites is 1. The highest BCUT2D eigenvalue weighted by molar-refractivity contribution is 7.09. The predicted molar refractivity (Wildman–Crippen MR) is 109 cm³/mol. The van der Waals surface area contributed by atoms with E-state index in [1.807, 2.05) is 41.3 Å². The Labute approximate surface area is 164 Å². The first-order valence-corrected chi connectivity index (χ1v) is 10.2. The van der Waals surface area contributed by atoms with Gasteiger partial charge in [0, 0.05) is 43.3 Å². The van der Waals surface area contributed by atoms with Crippen LogP contribution in [0.5, 0.6) is 0 Å². The normalized spacial score (nSPS) is 14.4. The van der Waals surface area contributed by atoms with Crippen LogP contribution in [0.2, 0.25) is 0 Å². The average Bonchev–Trinajstić information content (AvgIpc) is 3.21. The van der Waals surface area contributed by atoms with E-state index >= 15 is 0 Å². The van der Waals surface area contributed by atoms with Gasteiger partial charge < -0.3 is 15.1 Å². The number of carbonyl (C=O) groups excluding carboxylic acids is 2. The van der Waals surface area contributed by atoms with Crippen LogP contribution in [-0.2, 0) is 11.3 Å². The average molecular weight is 387 g/mol. The van der Waals surface area contributed by atoms with E-state index in [-0.39, 0.29) is 11.9 Å². The van der Waals surface area contributed by atoms with Crippen LogP contribution < -0.4 is 5.32 Å². The van der Waals surface area contributed by atoms with Crippen LogP contribution >= 0.6 is 11.3 Å². The molecule has 3 rings (SSSR count). The first kappa shape index (κ1) is 19.4. The second kappa shape index (κ2) is 9.53. The van der Waals surface area contributed by atoms with Gasteiger partial charge in [0.2, 0.25) is 5.91 Å². The number of carbonyl (C=O) groups is 2. The first-order chi connectivity index (χ1) is 13.2. The fraction of sp³-hybridized carbons (Fsp3) is 0.400. The lowest BCUT2D eigenvalue weighted by molar-refractivity contribution is -0.133. The Hall–Kier alpha value is -2.38. The number of nitrogens with zero attached hydrogens (tertiary/aromatic N) is 3. The summed E-state index contributed by atoms with van der Waals surface area (Å²) in [5.74, 6) is 0.136. The summed E-state index contributed by atoms with van der Waals surface area (Å²) in [5, 5.41) is 4.96. The molecular formula is C20H26N4O2S. The molecule has 6 nitrogen and oxygen atoms in total. The molecule has 1 N–H and O–H groups in total. The van der Waals surface area contributed by atoms with Crippen molar-refractivity contribution in [3.8, 4) is 0 Å². The highest BCUT2D eigenvalue weighted by atomic mass is 32.1. The molecule has 0 spiro atoms. The summed E-state index contributed by atoms with van der Waals surface area (Å²) in [6.07, 6.45) is 0. The Morgan fingerprint density at radius 3 is 2.37 bits per heavy atom. The molecule has 1 saturated heterocycles. The number of anilines is 1. The van der Waals surface area contributed by atoms with Crippen molar-refractivity contribution in [1.29, 1.82) is 0 Å². The number of nitrogens with one attached hydrogen (secondary N) is 1. The molecule has 0 unspecified atom stereocenters. The van der Waals surface area contributed by atoms with Gasteiger partial charge in [0.05, 0.1) is 6.54 Å². The van der Waals surface area contributed by atoms with Crippen molar-refractivity contribution in [1.82, 2.24) is 14.7 Å². The largest absolute Gasteiger partial charge is 0.338 e. The molecular weight excluding hydrogens is 360 g/mol. The molecule has 1 aromatic carbocycles. The standard InChI is InChI=1S/C20H26N4O2S/c1-2-22(15-18-9-6-14-27-18)16-19(25)23-10-12-24(13-11-23)20(26)21-17-7-4-3-5-8-17/h3-9,14H,2,10-13,15-16H2,1H3,(H,21,26). The van der Waals surface area contributed by atoms with Crippen molar-refractivity contribution in [2.75, 3.05) is 44.6 Å². The number of piperazine rings is 1. The highest BCUT2D eigenvalue weighted by Crippen LogP contribution is 2.13. The van der Waals surface area contributed by atoms with E-state index in [0.29, 0.717) is 32.7 Å². The van der Waals surface area contributed by atoms with Gasteiger partial charge in [0.1, 0.15) is 0 Å². The summed E-state index contributed by atoms with van der Waals surface area (Å²) in [6, 6.07) is 13.5. The van der Waals surface area contributed by atoms with Gasteiger partial charge in [-0.05, 0) is 30.1 Å². The van der Waals surface area contributed by atoms with Gasteiger partial charge in [0.25, 0.3) is 0 Å². The monoisotopic (exact) mass is 386 g/mol. The molecule has 27 heavy (non-hydrogen) atoms. The molecule has 1 aromatic heterocycles. The third-order valence-corrected chi connectivity index (χ3v) is 5.57. The van der Waals surface area contributed by atoms with Crippen molar-refractivity contribution in [2.45, 2.75) is 13.5 Å². The number of likely N-dealkylation sites (N-methyl/N-ethyl adjacent to an activating group) is 1. The summed E-state index contributed by atoms with van der Waals surface area (Å²) in [4.78, 5) is 32.0. The number of benzene rings is 1. The van der Waals surface area contributed by atoms with Gasteiger partial charge in [-0.3, -0.25) is 9.69 Å². The maximum atomic E-state index is 12.6. The van der Waals surface area contributed by atoms with Gasteiger partial charge in [-0.25, -0.2) is 4.79 Å². The van der Waals surface area contributed by atoms with E-state index in [9.17, 15) is 9.59 Å². The van der Waals surface area contributed by atoms with E-state index < -0.39 is 0 Å². The van der Waals surface area contributed by atoms with E-state index in [2.05, 4.69) is 28.6 Å². The molecule has 0 bridgehead atoms. The quantitative estimate of drug-likeness (QED) is 0.830. The van der Waals surface area contributed by atoms with Gasteiger partial charge >= 0.3 is 6.03 Å². The van der Waals surface area contributed by atoms with Crippen LogP contribution in [-0.4, -0.2) is 65.9 Å².